The molecule has 2 N–H and O–H groups in total. The quantitative estimate of drug-likeness (QED) is 0.740. The van der Waals surface area contributed by atoms with Crippen LogP contribution in [0.25, 0.3) is 0 Å². The Balaban J connectivity index is 2.73. The van der Waals surface area contributed by atoms with Gasteiger partial charge in [0.25, 0.3) is 0 Å². The summed E-state index contributed by atoms with van der Waals surface area (Å²) in [5, 5.41) is 0. The van der Waals surface area contributed by atoms with Gasteiger partial charge in [-0.3, -0.25) is 4.79 Å². The zero-order valence-electron chi connectivity index (χ0n) is 14.6. The van der Waals surface area contributed by atoms with Crippen LogP contribution in [0.3, 0.4) is 0 Å². The summed E-state index contributed by atoms with van der Waals surface area (Å²) >= 11 is 0. The molecule has 1 saturated carbocycles. The van der Waals surface area contributed by atoms with E-state index in [1.165, 1.54) is 12.8 Å². The van der Waals surface area contributed by atoms with Crippen molar-refractivity contribution < 1.29 is 4.79 Å². The Hall–Kier alpha value is -0.570. The minimum Gasteiger partial charge on any atom is -0.339 e. The van der Waals surface area contributed by atoms with Gasteiger partial charge in [-0.05, 0) is 50.5 Å². The highest BCUT2D eigenvalue weighted by Crippen LogP contribution is 2.33. The first-order valence-electron chi connectivity index (χ1n) is 9.03. The summed E-state index contributed by atoms with van der Waals surface area (Å²) in [6.07, 6.45) is 7.80. The predicted molar refractivity (Wildman–Crippen MR) is 90.0 cm³/mol. The molecule has 1 fully saturated rings. The molecule has 1 rings (SSSR count). The van der Waals surface area contributed by atoms with Crippen molar-refractivity contribution in [3.8, 4) is 0 Å². The molecule has 0 spiro atoms. The van der Waals surface area contributed by atoms with E-state index in [-0.39, 0.29) is 5.92 Å². The second-order valence-corrected chi connectivity index (χ2v) is 7.16. The van der Waals surface area contributed by atoms with Crippen molar-refractivity contribution in [3.05, 3.63) is 0 Å². The Morgan fingerprint density at radius 1 is 1.24 bits per heavy atom. The minimum absolute atomic E-state index is 0.245. The molecule has 3 heteroatoms. The number of hydrogen-bond donors (Lipinski definition) is 1. The van der Waals surface area contributed by atoms with Crippen LogP contribution in [-0.4, -0.2) is 29.9 Å². The minimum atomic E-state index is 0.245. The highest BCUT2D eigenvalue weighted by atomic mass is 16.2. The Kier molecular flexibility index (Phi) is 8.31. The van der Waals surface area contributed by atoms with Gasteiger partial charge in [0.05, 0.1) is 0 Å². The molecule has 0 aromatic heterocycles. The van der Waals surface area contributed by atoms with Gasteiger partial charge in [-0.15, -0.1) is 0 Å². The van der Waals surface area contributed by atoms with E-state index in [0.717, 1.165) is 45.2 Å². The first-order valence-corrected chi connectivity index (χ1v) is 9.03. The fourth-order valence-corrected chi connectivity index (χ4v) is 3.79. The molecule has 0 saturated heterocycles. The number of nitrogens with two attached hydrogens (primary N) is 1. The van der Waals surface area contributed by atoms with E-state index in [2.05, 4.69) is 32.6 Å². The maximum absolute atomic E-state index is 13.0. The summed E-state index contributed by atoms with van der Waals surface area (Å²) in [6, 6.07) is 0.412. The van der Waals surface area contributed by atoms with Gasteiger partial charge < -0.3 is 10.6 Å². The van der Waals surface area contributed by atoms with Crippen LogP contribution < -0.4 is 5.73 Å². The van der Waals surface area contributed by atoms with E-state index >= 15 is 0 Å². The van der Waals surface area contributed by atoms with Crippen molar-refractivity contribution >= 4 is 5.91 Å². The average Bonchev–Trinajstić information content (AvgIpc) is 2.47. The smallest absolute Gasteiger partial charge is 0.225 e. The van der Waals surface area contributed by atoms with Crippen molar-refractivity contribution in [1.29, 1.82) is 0 Å². The van der Waals surface area contributed by atoms with Crippen LogP contribution in [-0.2, 0) is 4.79 Å². The summed E-state index contributed by atoms with van der Waals surface area (Å²) in [6.45, 7) is 10.5. The highest BCUT2D eigenvalue weighted by Gasteiger charge is 2.32. The standard InChI is InChI=1S/C18H36N2O/c1-5-17(6-2)20(13-14(3)4)18(21)16-9-7-8-15(12-16)10-11-19/h14-17H,5-13,19H2,1-4H3. The Labute approximate surface area is 131 Å². The summed E-state index contributed by atoms with van der Waals surface area (Å²) in [5.41, 5.74) is 5.70. The van der Waals surface area contributed by atoms with E-state index in [9.17, 15) is 4.79 Å². The first-order chi connectivity index (χ1) is 10.0. The van der Waals surface area contributed by atoms with E-state index < -0.39 is 0 Å². The zero-order valence-corrected chi connectivity index (χ0v) is 14.6. The van der Waals surface area contributed by atoms with Gasteiger partial charge in [0, 0.05) is 18.5 Å². The fraction of sp³-hybridized carbons (Fsp3) is 0.944. The molecular formula is C18H36N2O. The number of hydrogen-bond acceptors (Lipinski definition) is 2. The zero-order chi connectivity index (χ0) is 15.8. The van der Waals surface area contributed by atoms with Gasteiger partial charge in [-0.1, -0.05) is 40.5 Å². The molecule has 0 heterocycles. The maximum Gasteiger partial charge on any atom is 0.225 e. The summed E-state index contributed by atoms with van der Waals surface area (Å²) in [5.74, 6) is 1.87. The molecule has 124 valence electrons. The summed E-state index contributed by atoms with van der Waals surface area (Å²) in [4.78, 5) is 15.2. The molecular weight excluding hydrogens is 260 g/mol. The largest absolute Gasteiger partial charge is 0.339 e. The molecule has 1 aliphatic rings. The van der Waals surface area contributed by atoms with Crippen molar-refractivity contribution in [1.82, 2.24) is 4.90 Å². The second kappa shape index (κ2) is 9.45. The van der Waals surface area contributed by atoms with Gasteiger partial charge in [0.2, 0.25) is 5.91 Å². The molecule has 0 aromatic rings. The van der Waals surface area contributed by atoms with Crippen molar-refractivity contribution in [3.63, 3.8) is 0 Å². The van der Waals surface area contributed by atoms with Crippen LogP contribution in [0, 0.1) is 17.8 Å². The van der Waals surface area contributed by atoms with E-state index in [1.807, 2.05) is 0 Å². The van der Waals surface area contributed by atoms with Gasteiger partial charge in [0.1, 0.15) is 0 Å². The lowest BCUT2D eigenvalue weighted by atomic mass is 9.79. The lowest BCUT2D eigenvalue weighted by Gasteiger charge is -2.37. The van der Waals surface area contributed by atoms with Crippen LogP contribution in [0.4, 0.5) is 0 Å². The van der Waals surface area contributed by atoms with Crippen LogP contribution >= 0.6 is 0 Å². The molecule has 0 aromatic carbocycles. The number of amides is 1. The predicted octanol–water partition coefficient (Wildman–Crippen LogP) is 3.81. The van der Waals surface area contributed by atoms with Crippen LogP contribution in [0.2, 0.25) is 0 Å². The number of carbonyl (C=O) groups is 1. The summed E-state index contributed by atoms with van der Waals surface area (Å²) < 4.78 is 0. The molecule has 1 aliphatic carbocycles. The molecule has 1 amide bonds. The average molecular weight is 296 g/mol. The van der Waals surface area contributed by atoms with Crippen LogP contribution in [0.1, 0.15) is 72.6 Å². The van der Waals surface area contributed by atoms with Gasteiger partial charge >= 0.3 is 0 Å². The van der Waals surface area contributed by atoms with Gasteiger partial charge in [-0.25, -0.2) is 0 Å². The lowest BCUT2D eigenvalue weighted by molar-refractivity contribution is -0.140. The normalized spacial score (nSPS) is 22.8. The van der Waals surface area contributed by atoms with Crippen LogP contribution in [0.5, 0.6) is 0 Å². The molecule has 0 radical (unpaired) electrons. The topological polar surface area (TPSA) is 46.3 Å². The van der Waals surface area contributed by atoms with Crippen LogP contribution in [0.15, 0.2) is 0 Å². The van der Waals surface area contributed by atoms with Gasteiger partial charge in [0.15, 0.2) is 0 Å². The molecule has 3 nitrogen and oxygen atoms in total. The van der Waals surface area contributed by atoms with Gasteiger partial charge in [-0.2, -0.15) is 0 Å². The van der Waals surface area contributed by atoms with E-state index in [0.29, 0.717) is 23.8 Å². The molecule has 0 bridgehead atoms. The molecule has 2 atom stereocenters. The number of rotatable bonds is 8. The van der Waals surface area contributed by atoms with Crippen molar-refractivity contribution in [2.75, 3.05) is 13.1 Å². The third kappa shape index (κ3) is 5.61. The molecule has 2 unspecified atom stereocenters. The number of carbonyl (C=O) groups excluding carboxylic acids is 1. The Morgan fingerprint density at radius 3 is 2.43 bits per heavy atom. The third-order valence-corrected chi connectivity index (χ3v) is 4.94. The fourth-order valence-electron chi connectivity index (χ4n) is 3.79. The second-order valence-electron chi connectivity index (χ2n) is 7.16. The monoisotopic (exact) mass is 296 g/mol. The maximum atomic E-state index is 13.0. The lowest BCUT2D eigenvalue weighted by Crippen LogP contribution is -2.46. The first kappa shape index (κ1) is 18.5. The molecule has 21 heavy (non-hydrogen) atoms. The summed E-state index contributed by atoms with van der Waals surface area (Å²) in [7, 11) is 0. The van der Waals surface area contributed by atoms with E-state index in [1.54, 1.807) is 0 Å². The third-order valence-electron chi connectivity index (χ3n) is 4.94. The Morgan fingerprint density at radius 2 is 1.90 bits per heavy atom. The van der Waals surface area contributed by atoms with Crippen molar-refractivity contribution in [2.45, 2.75) is 78.7 Å². The number of nitrogens with zero attached hydrogens (tertiary/aromatic N) is 1. The Bertz CT molecular complexity index is 298. The van der Waals surface area contributed by atoms with E-state index in [4.69, 9.17) is 5.73 Å². The molecule has 0 aliphatic heterocycles. The highest BCUT2D eigenvalue weighted by molar-refractivity contribution is 5.79. The SMILES string of the molecule is CCC(CC)N(CC(C)C)C(=O)C1CCCC(CCN)C1. The van der Waals surface area contributed by atoms with Crippen molar-refractivity contribution in [2.24, 2.45) is 23.5 Å².